The van der Waals surface area contributed by atoms with E-state index in [0.717, 1.165) is 16.1 Å². The van der Waals surface area contributed by atoms with Gasteiger partial charge in [-0.05, 0) is 28.5 Å². The van der Waals surface area contributed by atoms with Crippen LogP contribution in [-0.2, 0) is 0 Å². The third-order valence-corrected chi connectivity index (χ3v) is 3.26. The van der Waals surface area contributed by atoms with Gasteiger partial charge in [0.05, 0.1) is 0 Å². The zero-order valence-corrected chi connectivity index (χ0v) is 9.98. The van der Waals surface area contributed by atoms with Crippen LogP contribution in [0.2, 0.25) is 5.02 Å². The van der Waals surface area contributed by atoms with Gasteiger partial charge in [0.15, 0.2) is 0 Å². The third kappa shape index (κ3) is 1.92. The Morgan fingerprint density at radius 1 is 0.647 bits per heavy atom. The Morgan fingerprint density at radius 3 is 2.18 bits per heavy atom. The zero-order valence-electron chi connectivity index (χ0n) is 9.23. The van der Waals surface area contributed by atoms with Gasteiger partial charge in [0, 0.05) is 10.6 Å². The molecule has 0 spiro atoms. The molecule has 0 N–H and O–H groups in total. The highest BCUT2D eigenvalue weighted by molar-refractivity contribution is 6.33. The maximum Gasteiger partial charge on any atom is 0.0484 e. The Bertz CT molecular complexity index is 671. The lowest BCUT2D eigenvalue weighted by Crippen LogP contribution is -1.80. The van der Waals surface area contributed by atoms with Crippen molar-refractivity contribution in [2.75, 3.05) is 0 Å². The fourth-order valence-electron chi connectivity index (χ4n) is 2.05. The lowest BCUT2D eigenvalue weighted by molar-refractivity contribution is 1.64. The molecule has 82 valence electrons. The van der Waals surface area contributed by atoms with Crippen molar-refractivity contribution in [2.24, 2.45) is 0 Å². The molecule has 0 nitrogen and oxygen atoms in total. The van der Waals surface area contributed by atoms with E-state index in [1.807, 2.05) is 24.3 Å². The molecule has 0 aliphatic heterocycles. The van der Waals surface area contributed by atoms with Crippen LogP contribution in [-0.4, -0.2) is 0 Å². The van der Waals surface area contributed by atoms with Crippen LogP contribution in [0.3, 0.4) is 0 Å². The van der Waals surface area contributed by atoms with Gasteiger partial charge in [-0.3, -0.25) is 0 Å². The minimum absolute atomic E-state index is 0.794. The number of benzene rings is 3. The van der Waals surface area contributed by atoms with Gasteiger partial charge in [-0.1, -0.05) is 66.2 Å². The molecule has 0 fully saturated rings. The first-order chi connectivity index (χ1) is 8.34. The Balaban J connectivity index is 2.22. The van der Waals surface area contributed by atoms with Crippen LogP contribution < -0.4 is 0 Å². The van der Waals surface area contributed by atoms with Gasteiger partial charge in [0.1, 0.15) is 0 Å². The van der Waals surface area contributed by atoms with Crippen LogP contribution in [0.5, 0.6) is 0 Å². The van der Waals surface area contributed by atoms with E-state index < -0.39 is 0 Å². The van der Waals surface area contributed by atoms with Gasteiger partial charge in [-0.15, -0.1) is 0 Å². The maximum absolute atomic E-state index is 6.21. The highest BCUT2D eigenvalue weighted by Gasteiger charge is 2.02. The molecule has 0 heterocycles. The number of halogens is 1. The van der Waals surface area contributed by atoms with Crippen molar-refractivity contribution in [1.82, 2.24) is 0 Å². The summed E-state index contributed by atoms with van der Waals surface area (Å²) in [6, 6.07) is 22.7. The van der Waals surface area contributed by atoms with Crippen LogP contribution in [0.15, 0.2) is 66.7 Å². The van der Waals surface area contributed by atoms with Crippen molar-refractivity contribution in [1.29, 1.82) is 0 Å². The molecule has 3 rings (SSSR count). The van der Waals surface area contributed by atoms with Gasteiger partial charge in [-0.2, -0.15) is 0 Å². The number of fused-ring (bicyclic) bond motifs is 1. The third-order valence-electron chi connectivity index (χ3n) is 2.93. The van der Waals surface area contributed by atoms with E-state index in [1.165, 1.54) is 10.8 Å². The molecule has 0 saturated heterocycles. The lowest BCUT2D eigenvalue weighted by Gasteiger charge is -2.05. The summed E-state index contributed by atoms with van der Waals surface area (Å²) in [7, 11) is 0. The van der Waals surface area contributed by atoms with Crippen LogP contribution >= 0.6 is 11.6 Å². The van der Waals surface area contributed by atoms with E-state index in [-0.39, 0.29) is 0 Å². The number of rotatable bonds is 1. The first-order valence-electron chi connectivity index (χ1n) is 5.58. The summed E-state index contributed by atoms with van der Waals surface area (Å²) in [5.74, 6) is 0. The van der Waals surface area contributed by atoms with Gasteiger partial charge >= 0.3 is 0 Å². The van der Waals surface area contributed by atoms with Gasteiger partial charge in [0.2, 0.25) is 0 Å². The minimum Gasteiger partial charge on any atom is -0.0837 e. The largest absolute Gasteiger partial charge is 0.0837 e. The van der Waals surface area contributed by atoms with Crippen LogP contribution in [0.4, 0.5) is 0 Å². The van der Waals surface area contributed by atoms with Crippen molar-refractivity contribution in [3.63, 3.8) is 0 Å². The normalized spacial score (nSPS) is 10.6. The Labute approximate surface area is 105 Å². The molecule has 0 amide bonds. The molecular formula is C16H11Cl. The molecule has 0 aliphatic rings. The molecule has 1 heteroatoms. The smallest absolute Gasteiger partial charge is 0.0484 e. The van der Waals surface area contributed by atoms with Crippen LogP contribution in [0.25, 0.3) is 21.9 Å². The fourth-order valence-corrected chi connectivity index (χ4v) is 2.30. The maximum atomic E-state index is 6.21. The van der Waals surface area contributed by atoms with Gasteiger partial charge in [0.25, 0.3) is 0 Å². The van der Waals surface area contributed by atoms with E-state index in [1.54, 1.807) is 0 Å². The van der Waals surface area contributed by atoms with Gasteiger partial charge < -0.3 is 0 Å². The quantitative estimate of drug-likeness (QED) is 0.549. The molecule has 0 atom stereocenters. The molecule has 0 aromatic heterocycles. The predicted molar refractivity (Wildman–Crippen MR) is 74.4 cm³/mol. The predicted octanol–water partition coefficient (Wildman–Crippen LogP) is 5.16. The summed E-state index contributed by atoms with van der Waals surface area (Å²) in [5.41, 5.74) is 2.24. The SMILES string of the molecule is Clc1ccccc1-c1ccc2ccccc2c1. The Morgan fingerprint density at radius 2 is 1.35 bits per heavy atom. The molecular weight excluding hydrogens is 228 g/mol. The highest BCUT2D eigenvalue weighted by atomic mass is 35.5. The van der Waals surface area contributed by atoms with Crippen molar-refractivity contribution in [3.05, 3.63) is 71.8 Å². The van der Waals surface area contributed by atoms with Crippen molar-refractivity contribution in [2.45, 2.75) is 0 Å². The number of hydrogen-bond donors (Lipinski definition) is 0. The van der Waals surface area contributed by atoms with Crippen molar-refractivity contribution in [3.8, 4) is 11.1 Å². The molecule has 0 unspecified atom stereocenters. The second-order valence-corrected chi connectivity index (χ2v) is 4.45. The summed E-state index contributed by atoms with van der Waals surface area (Å²) in [6.07, 6.45) is 0. The summed E-state index contributed by atoms with van der Waals surface area (Å²) in [5, 5.41) is 3.29. The summed E-state index contributed by atoms with van der Waals surface area (Å²) in [4.78, 5) is 0. The fraction of sp³-hybridized carbons (Fsp3) is 0. The molecule has 0 aliphatic carbocycles. The molecule has 0 radical (unpaired) electrons. The van der Waals surface area contributed by atoms with E-state index in [9.17, 15) is 0 Å². The minimum atomic E-state index is 0.794. The average molecular weight is 239 g/mol. The molecule has 0 saturated carbocycles. The topological polar surface area (TPSA) is 0 Å². The number of hydrogen-bond acceptors (Lipinski definition) is 0. The van der Waals surface area contributed by atoms with Crippen molar-refractivity contribution < 1.29 is 0 Å². The zero-order chi connectivity index (χ0) is 11.7. The van der Waals surface area contributed by atoms with Crippen molar-refractivity contribution >= 4 is 22.4 Å². The second kappa shape index (κ2) is 4.23. The first kappa shape index (κ1) is 10.4. The van der Waals surface area contributed by atoms with Gasteiger partial charge in [-0.25, -0.2) is 0 Å². The van der Waals surface area contributed by atoms with Crippen LogP contribution in [0.1, 0.15) is 0 Å². The Kier molecular flexibility index (Phi) is 2.58. The summed E-state index contributed by atoms with van der Waals surface area (Å²) >= 11 is 6.21. The second-order valence-electron chi connectivity index (χ2n) is 4.04. The Hall–Kier alpha value is -1.79. The van der Waals surface area contributed by atoms with E-state index in [2.05, 4.69) is 42.5 Å². The first-order valence-corrected chi connectivity index (χ1v) is 5.96. The average Bonchev–Trinajstić information content (AvgIpc) is 2.39. The molecule has 17 heavy (non-hydrogen) atoms. The molecule has 0 bridgehead atoms. The monoisotopic (exact) mass is 238 g/mol. The molecule has 3 aromatic rings. The van der Waals surface area contributed by atoms with E-state index in [0.29, 0.717) is 0 Å². The standard InChI is InChI=1S/C16H11Cl/c17-16-8-4-3-7-15(16)14-10-9-12-5-1-2-6-13(12)11-14/h1-11H. The summed E-state index contributed by atoms with van der Waals surface area (Å²) in [6.45, 7) is 0. The molecule has 3 aromatic carbocycles. The van der Waals surface area contributed by atoms with E-state index in [4.69, 9.17) is 11.6 Å². The summed E-state index contributed by atoms with van der Waals surface area (Å²) < 4.78 is 0. The lowest BCUT2D eigenvalue weighted by atomic mass is 10.0. The van der Waals surface area contributed by atoms with E-state index >= 15 is 0 Å². The highest BCUT2D eigenvalue weighted by Crippen LogP contribution is 2.29. The van der Waals surface area contributed by atoms with Crippen LogP contribution in [0, 0.1) is 0 Å².